The second kappa shape index (κ2) is 9.77. The molecule has 0 radical (unpaired) electrons. The number of rotatable bonds is 11. The molecule has 0 aliphatic heterocycles. The van der Waals surface area contributed by atoms with Crippen LogP contribution in [0.1, 0.15) is 52.4 Å². The van der Waals surface area contributed by atoms with Crippen molar-refractivity contribution in [1.82, 2.24) is 0 Å². The Balaban J connectivity index is 4.23. The molecule has 0 saturated carbocycles. The van der Waals surface area contributed by atoms with Crippen molar-refractivity contribution in [3.05, 3.63) is 0 Å². The van der Waals surface area contributed by atoms with Crippen molar-refractivity contribution in [3.8, 4) is 0 Å². The molecule has 0 heterocycles. The number of ether oxygens (including phenoxy) is 1. The summed E-state index contributed by atoms with van der Waals surface area (Å²) in [6.07, 6.45) is 3.97. The van der Waals surface area contributed by atoms with Crippen LogP contribution < -0.4 is 0 Å². The van der Waals surface area contributed by atoms with E-state index >= 15 is 0 Å². The number of esters is 1. The van der Waals surface area contributed by atoms with E-state index in [-0.39, 0.29) is 12.4 Å². The van der Waals surface area contributed by atoms with Crippen LogP contribution in [0.2, 0.25) is 0 Å². The van der Waals surface area contributed by atoms with E-state index in [0.717, 1.165) is 12.8 Å². The second-order valence-corrected chi connectivity index (χ2v) is 6.97. The lowest BCUT2D eigenvalue weighted by Gasteiger charge is -2.28. The van der Waals surface area contributed by atoms with Gasteiger partial charge in [-0.05, 0) is 12.3 Å². The van der Waals surface area contributed by atoms with E-state index in [1.807, 2.05) is 21.1 Å². The molecule has 0 bridgehead atoms. The Bertz CT molecular complexity index is 323. The predicted molar refractivity (Wildman–Crippen MR) is 83.0 cm³/mol. The van der Waals surface area contributed by atoms with Crippen LogP contribution in [0.3, 0.4) is 0 Å². The van der Waals surface area contributed by atoms with Crippen LogP contribution in [0.4, 0.5) is 0 Å². The van der Waals surface area contributed by atoms with E-state index in [4.69, 9.17) is 9.84 Å². The summed E-state index contributed by atoms with van der Waals surface area (Å²) in [5.74, 6) is -0.704. The zero-order valence-corrected chi connectivity index (χ0v) is 14.2. The van der Waals surface area contributed by atoms with Gasteiger partial charge in [0.2, 0.25) is 0 Å². The van der Waals surface area contributed by atoms with Crippen molar-refractivity contribution >= 4 is 11.9 Å². The van der Waals surface area contributed by atoms with Crippen molar-refractivity contribution in [3.63, 3.8) is 0 Å². The summed E-state index contributed by atoms with van der Waals surface area (Å²) in [6.45, 7) is 4.80. The van der Waals surface area contributed by atoms with Gasteiger partial charge in [0.15, 0.2) is 6.10 Å². The van der Waals surface area contributed by atoms with Gasteiger partial charge in [-0.15, -0.1) is 0 Å². The van der Waals surface area contributed by atoms with Crippen LogP contribution in [-0.4, -0.2) is 55.3 Å². The van der Waals surface area contributed by atoms with E-state index in [1.54, 1.807) is 0 Å². The first-order chi connectivity index (χ1) is 9.64. The minimum absolute atomic E-state index is 0.132. The first kappa shape index (κ1) is 19.9. The van der Waals surface area contributed by atoms with Crippen LogP contribution in [0, 0.1) is 5.92 Å². The smallest absolute Gasteiger partial charge is 0.307 e. The molecule has 0 amide bonds. The van der Waals surface area contributed by atoms with Gasteiger partial charge in [-0.3, -0.25) is 9.59 Å². The Kier molecular flexibility index (Phi) is 9.26. The molecule has 1 N–H and O–H groups in total. The fourth-order valence-corrected chi connectivity index (χ4v) is 2.26. The minimum Gasteiger partial charge on any atom is -0.481 e. The average molecular weight is 302 g/mol. The van der Waals surface area contributed by atoms with Crippen LogP contribution in [0.15, 0.2) is 0 Å². The number of nitrogens with zero attached hydrogens (tertiary/aromatic N) is 1. The van der Waals surface area contributed by atoms with Gasteiger partial charge < -0.3 is 14.3 Å². The van der Waals surface area contributed by atoms with Crippen LogP contribution in [0.25, 0.3) is 0 Å². The Labute approximate surface area is 128 Å². The summed E-state index contributed by atoms with van der Waals surface area (Å²) in [5.41, 5.74) is 0. The normalized spacial score (nSPS) is 14.5. The maximum atomic E-state index is 11.9. The highest BCUT2D eigenvalue weighted by Crippen LogP contribution is 2.15. The highest BCUT2D eigenvalue weighted by Gasteiger charge is 2.24. The van der Waals surface area contributed by atoms with Crippen LogP contribution >= 0.6 is 0 Å². The van der Waals surface area contributed by atoms with E-state index in [9.17, 15) is 9.59 Å². The third-order valence-corrected chi connectivity index (χ3v) is 3.34. The van der Waals surface area contributed by atoms with Gasteiger partial charge in [-0.2, -0.15) is 0 Å². The number of hydrogen-bond acceptors (Lipinski definition) is 3. The standard InChI is InChI=1S/C16H31NO4/c1-6-7-8-13(2)9-10-16(20)21-14(11-15(18)19)12-17(3,4)5/h13-14H,6-12H2,1-5H3/p+1. The quantitative estimate of drug-likeness (QED) is 0.471. The number of carbonyl (C=O) groups excluding carboxylic acids is 1. The third kappa shape index (κ3) is 12.4. The van der Waals surface area contributed by atoms with Gasteiger partial charge in [-0.1, -0.05) is 33.1 Å². The maximum Gasteiger partial charge on any atom is 0.307 e. The van der Waals surface area contributed by atoms with Crippen molar-refractivity contribution < 1.29 is 23.9 Å². The van der Waals surface area contributed by atoms with Crippen molar-refractivity contribution in [2.75, 3.05) is 27.7 Å². The average Bonchev–Trinajstić information content (AvgIpc) is 2.30. The number of aliphatic carboxylic acids is 1. The van der Waals surface area contributed by atoms with Gasteiger partial charge in [0.1, 0.15) is 6.54 Å². The topological polar surface area (TPSA) is 63.6 Å². The molecular formula is C16H32NO4+. The SMILES string of the molecule is CCCCC(C)CCC(=O)OC(CC(=O)O)C[N+](C)(C)C. The van der Waals surface area contributed by atoms with Crippen LogP contribution in [0.5, 0.6) is 0 Å². The molecule has 5 nitrogen and oxygen atoms in total. The number of unbranched alkanes of at least 4 members (excludes halogenated alkanes) is 1. The number of carbonyl (C=O) groups is 2. The Morgan fingerprint density at radius 3 is 2.29 bits per heavy atom. The summed E-state index contributed by atoms with van der Waals surface area (Å²) in [4.78, 5) is 22.7. The first-order valence-electron chi connectivity index (χ1n) is 7.85. The zero-order chi connectivity index (χ0) is 16.5. The van der Waals surface area contributed by atoms with Gasteiger partial charge in [0.25, 0.3) is 0 Å². The molecule has 5 heteroatoms. The number of carboxylic acids is 1. The monoisotopic (exact) mass is 302 g/mol. The van der Waals surface area contributed by atoms with Crippen molar-refractivity contribution in [2.24, 2.45) is 5.92 Å². The number of carboxylic acid groups (broad SMARTS) is 1. The van der Waals surface area contributed by atoms with E-state index in [2.05, 4.69) is 13.8 Å². The van der Waals surface area contributed by atoms with Crippen molar-refractivity contribution in [2.45, 2.75) is 58.5 Å². The molecule has 21 heavy (non-hydrogen) atoms. The predicted octanol–water partition coefficient (Wildman–Crippen LogP) is 2.69. The Morgan fingerprint density at radius 2 is 1.81 bits per heavy atom. The molecule has 2 unspecified atom stereocenters. The molecule has 0 aliphatic carbocycles. The largest absolute Gasteiger partial charge is 0.481 e. The first-order valence-corrected chi connectivity index (χ1v) is 7.85. The lowest BCUT2D eigenvalue weighted by Crippen LogP contribution is -2.43. The summed E-state index contributed by atoms with van der Waals surface area (Å²) < 4.78 is 5.92. The molecule has 0 aliphatic rings. The molecular weight excluding hydrogens is 270 g/mol. The number of quaternary nitrogens is 1. The lowest BCUT2D eigenvalue weighted by atomic mass is 9.99. The molecule has 0 aromatic carbocycles. The molecule has 2 atom stereocenters. The lowest BCUT2D eigenvalue weighted by molar-refractivity contribution is -0.873. The third-order valence-electron chi connectivity index (χ3n) is 3.34. The molecule has 0 aromatic heterocycles. The van der Waals surface area contributed by atoms with Crippen LogP contribution in [-0.2, 0) is 14.3 Å². The van der Waals surface area contributed by atoms with E-state index in [0.29, 0.717) is 23.4 Å². The zero-order valence-electron chi connectivity index (χ0n) is 14.2. The highest BCUT2D eigenvalue weighted by atomic mass is 16.5. The summed E-state index contributed by atoms with van der Waals surface area (Å²) in [6, 6.07) is 0. The molecule has 0 aromatic rings. The van der Waals surface area contributed by atoms with Gasteiger partial charge in [-0.25, -0.2) is 0 Å². The van der Waals surface area contributed by atoms with E-state index in [1.165, 1.54) is 12.8 Å². The minimum atomic E-state index is -0.933. The Morgan fingerprint density at radius 1 is 1.19 bits per heavy atom. The maximum absolute atomic E-state index is 11.9. The van der Waals surface area contributed by atoms with Gasteiger partial charge >= 0.3 is 11.9 Å². The number of likely N-dealkylation sites (N-methyl/N-ethyl adjacent to an activating group) is 1. The molecule has 124 valence electrons. The van der Waals surface area contributed by atoms with Gasteiger partial charge in [0, 0.05) is 6.42 Å². The second-order valence-electron chi connectivity index (χ2n) is 6.97. The van der Waals surface area contributed by atoms with Crippen molar-refractivity contribution in [1.29, 1.82) is 0 Å². The fourth-order valence-electron chi connectivity index (χ4n) is 2.26. The number of hydrogen-bond donors (Lipinski definition) is 1. The van der Waals surface area contributed by atoms with E-state index < -0.39 is 12.1 Å². The fraction of sp³-hybridized carbons (Fsp3) is 0.875. The Hall–Kier alpha value is -1.10. The summed E-state index contributed by atoms with van der Waals surface area (Å²) >= 11 is 0. The molecule has 0 spiro atoms. The molecule has 0 saturated heterocycles. The highest BCUT2D eigenvalue weighted by molar-refractivity contribution is 5.71. The molecule has 0 rings (SSSR count). The summed E-state index contributed by atoms with van der Waals surface area (Å²) in [5, 5.41) is 8.91. The molecule has 0 fully saturated rings. The van der Waals surface area contributed by atoms with Gasteiger partial charge in [0.05, 0.1) is 27.6 Å². The summed E-state index contributed by atoms with van der Waals surface area (Å²) in [7, 11) is 5.86.